The lowest BCUT2D eigenvalue weighted by atomic mass is 10.1. The fourth-order valence-corrected chi connectivity index (χ4v) is 2.12. The van der Waals surface area contributed by atoms with Crippen molar-refractivity contribution in [2.75, 3.05) is 12.0 Å². The Balaban J connectivity index is 2.43. The lowest BCUT2D eigenvalue weighted by molar-refractivity contribution is 0.166. The Bertz CT molecular complexity index is 425. The Morgan fingerprint density at radius 1 is 1.56 bits per heavy atom. The van der Waals surface area contributed by atoms with Crippen molar-refractivity contribution >= 4 is 9.84 Å². The zero-order valence-corrected chi connectivity index (χ0v) is 10.4. The number of aliphatic hydroxyl groups excluding tert-OH is 1. The summed E-state index contributed by atoms with van der Waals surface area (Å²) in [7, 11) is -2.93. The molecule has 5 nitrogen and oxygen atoms in total. The highest BCUT2D eigenvalue weighted by Gasteiger charge is 2.11. The van der Waals surface area contributed by atoms with Gasteiger partial charge in [-0.3, -0.25) is 4.68 Å². The normalized spacial score (nSPS) is 13.9. The van der Waals surface area contributed by atoms with E-state index < -0.39 is 15.9 Å². The molecule has 0 saturated carbocycles. The SMILES string of the molecule is CCn1cc(C(O)CCCS(C)(=O)=O)cn1. The van der Waals surface area contributed by atoms with Gasteiger partial charge in [-0.2, -0.15) is 5.10 Å². The van der Waals surface area contributed by atoms with Crippen LogP contribution in [0.1, 0.15) is 31.4 Å². The summed E-state index contributed by atoms with van der Waals surface area (Å²) in [5.74, 6) is 0.117. The van der Waals surface area contributed by atoms with E-state index in [9.17, 15) is 13.5 Å². The first-order valence-electron chi connectivity index (χ1n) is 5.30. The largest absolute Gasteiger partial charge is 0.388 e. The fourth-order valence-electron chi connectivity index (χ4n) is 1.43. The molecule has 0 bridgehead atoms. The Kier molecular flexibility index (Phi) is 4.49. The monoisotopic (exact) mass is 246 g/mol. The highest BCUT2D eigenvalue weighted by Crippen LogP contribution is 2.17. The van der Waals surface area contributed by atoms with Gasteiger partial charge in [0.05, 0.1) is 12.3 Å². The van der Waals surface area contributed by atoms with E-state index in [-0.39, 0.29) is 5.75 Å². The number of sulfone groups is 1. The predicted molar refractivity (Wildman–Crippen MR) is 61.8 cm³/mol. The first-order chi connectivity index (χ1) is 7.42. The summed E-state index contributed by atoms with van der Waals surface area (Å²) in [6.07, 6.45) is 4.90. The molecule has 0 aromatic carbocycles. The molecule has 0 aliphatic heterocycles. The van der Waals surface area contributed by atoms with E-state index in [2.05, 4.69) is 5.10 Å². The number of hydrogen-bond donors (Lipinski definition) is 1. The van der Waals surface area contributed by atoms with Crippen LogP contribution in [-0.2, 0) is 16.4 Å². The molecule has 92 valence electrons. The van der Waals surface area contributed by atoms with Crippen molar-refractivity contribution in [2.24, 2.45) is 0 Å². The van der Waals surface area contributed by atoms with Crippen LogP contribution in [0.4, 0.5) is 0 Å². The van der Waals surface area contributed by atoms with Crippen molar-refractivity contribution < 1.29 is 13.5 Å². The molecule has 1 unspecified atom stereocenters. The Morgan fingerprint density at radius 2 is 2.25 bits per heavy atom. The molecule has 0 fully saturated rings. The molecule has 0 radical (unpaired) electrons. The predicted octanol–water partition coefficient (Wildman–Crippen LogP) is 0.761. The molecule has 1 aromatic heterocycles. The van der Waals surface area contributed by atoms with Gasteiger partial charge in [-0.1, -0.05) is 0 Å². The smallest absolute Gasteiger partial charge is 0.147 e. The summed E-state index contributed by atoms with van der Waals surface area (Å²) in [6.45, 7) is 2.73. The van der Waals surface area contributed by atoms with Gasteiger partial charge in [0, 0.05) is 30.3 Å². The highest BCUT2D eigenvalue weighted by atomic mass is 32.2. The molecule has 0 saturated heterocycles. The van der Waals surface area contributed by atoms with Crippen LogP contribution in [0, 0.1) is 0 Å². The topological polar surface area (TPSA) is 72.2 Å². The molecule has 0 amide bonds. The standard InChI is InChI=1S/C10H18N2O3S/c1-3-12-8-9(7-11-12)10(13)5-4-6-16(2,14)15/h7-8,10,13H,3-6H2,1-2H3. The second-order valence-electron chi connectivity index (χ2n) is 3.92. The second kappa shape index (κ2) is 5.45. The number of aryl methyl sites for hydroxylation is 1. The van der Waals surface area contributed by atoms with Gasteiger partial charge in [0.25, 0.3) is 0 Å². The summed E-state index contributed by atoms with van der Waals surface area (Å²) >= 11 is 0. The third-order valence-corrected chi connectivity index (χ3v) is 3.38. The third-order valence-electron chi connectivity index (χ3n) is 2.35. The van der Waals surface area contributed by atoms with E-state index in [0.29, 0.717) is 12.8 Å². The first-order valence-corrected chi connectivity index (χ1v) is 7.36. The zero-order valence-electron chi connectivity index (χ0n) is 9.63. The number of rotatable bonds is 6. The number of hydrogen-bond acceptors (Lipinski definition) is 4. The van der Waals surface area contributed by atoms with Gasteiger partial charge in [-0.25, -0.2) is 8.42 Å². The van der Waals surface area contributed by atoms with E-state index in [1.165, 1.54) is 6.26 Å². The minimum atomic E-state index is -2.93. The fraction of sp³-hybridized carbons (Fsp3) is 0.700. The summed E-state index contributed by atoms with van der Waals surface area (Å²) in [5.41, 5.74) is 0.746. The van der Waals surface area contributed by atoms with Crippen molar-refractivity contribution in [1.29, 1.82) is 0 Å². The zero-order chi connectivity index (χ0) is 12.2. The van der Waals surface area contributed by atoms with Gasteiger partial charge < -0.3 is 5.11 Å². The summed E-state index contributed by atoms with van der Waals surface area (Å²) in [5, 5.41) is 13.8. The van der Waals surface area contributed by atoms with Gasteiger partial charge in [0.1, 0.15) is 9.84 Å². The quantitative estimate of drug-likeness (QED) is 0.804. The molecular formula is C10H18N2O3S. The Labute approximate surface area is 96.0 Å². The van der Waals surface area contributed by atoms with Crippen LogP contribution in [0.15, 0.2) is 12.4 Å². The molecule has 1 rings (SSSR count). The third kappa shape index (κ3) is 4.32. The van der Waals surface area contributed by atoms with E-state index >= 15 is 0 Å². The van der Waals surface area contributed by atoms with E-state index in [4.69, 9.17) is 0 Å². The number of nitrogens with zero attached hydrogens (tertiary/aromatic N) is 2. The molecule has 1 aromatic rings. The molecule has 0 aliphatic rings. The van der Waals surface area contributed by atoms with Crippen LogP contribution < -0.4 is 0 Å². The maximum atomic E-state index is 10.9. The maximum absolute atomic E-state index is 10.9. The molecule has 1 N–H and O–H groups in total. The summed E-state index contributed by atoms with van der Waals surface area (Å²) < 4.78 is 23.5. The highest BCUT2D eigenvalue weighted by molar-refractivity contribution is 7.90. The van der Waals surface area contributed by atoms with Gasteiger partial charge in [-0.15, -0.1) is 0 Å². The molecule has 1 heterocycles. The van der Waals surface area contributed by atoms with E-state index in [1.807, 2.05) is 6.92 Å². The second-order valence-corrected chi connectivity index (χ2v) is 6.18. The molecule has 16 heavy (non-hydrogen) atoms. The average Bonchev–Trinajstić information content (AvgIpc) is 2.63. The van der Waals surface area contributed by atoms with Crippen LogP contribution in [0.25, 0.3) is 0 Å². The van der Waals surface area contributed by atoms with Crippen molar-refractivity contribution in [3.8, 4) is 0 Å². The minimum absolute atomic E-state index is 0.117. The van der Waals surface area contributed by atoms with Crippen molar-refractivity contribution in [3.05, 3.63) is 18.0 Å². The lowest BCUT2D eigenvalue weighted by Gasteiger charge is -2.07. The average molecular weight is 246 g/mol. The Morgan fingerprint density at radius 3 is 2.75 bits per heavy atom. The first kappa shape index (κ1) is 13.2. The van der Waals surface area contributed by atoms with Gasteiger partial charge >= 0.3 is 0 Å². The van der Waals surface area contributed by atoms with E-state index in [1.54, 1.807) is 17.1 Å². The van der Waals surface area contributed by atoms with Crippen LogP contribution in [-0.4, -0.2) is 35.3 Å². The van der Waals surface area contributed by atoms with Crippen LogP contribution in [0.5, 0.6) is 0 Å². The number of aromatic nitrogens is 2. The van der Waals surface area contributed by atoms with Crippen molar-refractivity contribution in [3.63, 3.8) is 0 Å². The van der Waals surface area contributed by atoms with Crippen LogP contribution in [0.2, 0.25) is 0 Å². The van der Waals surface area contributed by atoms with E-state index in [0.717, 1.165) is 12.1 Å². The van der Waals surface area contributed by atoms with Gasteiger partial charge in [0.15, 0.2) is 0 Å². The summed E-state index contributed by atoms with van der Waals surface area (Å²) in [4.78, 5) is 0. The van der Waals surface area contributed by atoms with Crippen LogP contribution in [0.3, 0.4) is 0 Å². The molecule has 0 spiro atoms. The van der Waals surface area contributed by atoms with Crippen LogP contribution >= 0.6 is 0 Å². The molecular weight excluding hydrogens is 228 g/mol. The molecule has 1 atom stereocenters. The minimum Gasteiger partial charge on any atom is -0.388 e. The van der Waals surface area contributed by atoms with Gasteiger partial charge in [0.2, 0.25) is 0 Å². The maximum Gasteiger partial charge on any atom is 0.147 e. The lowest BCUT2D eigenvalue weighted by Crippen LogP contribution is -2.05. The van der Waals surface area contributed by atoms with Crippen molar-refractivity contribution in [1.82, 2.24) is 9.78 Å². The summed E-state index contributed by atoms with van der Waals surface area (Å²) in [6, 6.07) is 0. The van der Waals surface area contributed by atoms with Gasteiger partial charge in [-0.05, 0) is 19.8 Å². The molecule has 0 aliphatic carbocycles. The molecule has 6 heteroatoms. The Hall–Kier alpha value is -0.880. The number of aliphatic hydroxyl groups is 1. The van der Waals surface area contributed by atoms with Crippen molar-refractivity contribution in [2.45, 2.75) is 32.4 Å².